The van der Waals surface area contributed by atoms with E-state index in [1.165, 1.54) is 0 Å². The summed E-state index contributed by atoms with van der Waals surface area (Å²) < 4.78 is 48.6. The molecule has 0 bridgehead atoms. The Morgan fingerprint density at radius 3 is 2.38 bits per heavy atom. The Morgan fingerprint density at radius 1 is 1.38 bits per heavy atom. The Morgan fingerprint density at radius 2 is 1.94 bits per heavy atom. The van der Waals surface area contributed by atoms with Crippen molar-refractivity contribution >= 4 is 33.4 Å². The molecule has 0 aliphatic carbocycles. The maximum absolute atomic E-state index is 12.8. The minimum absolute atomic E-state index is 0.329. The average Bonchev–Trinajstić information content (AvgIpc) is 1.96. The molecule has 0 amide bonds. The van der Waals surface area contributed by atoms with Gasteiger partial charge in [0.05, 0.1) is 14.3 Å². The molecule has 1 rings (SSSR count). The second-order valence-corrected chi connectivity index (χ2v) is 4.50. The maximum atomic E-state index is 12.8. The summed E-state index contributed by atoms with van der Waals surface area (Å²) in [6.07, 6.45) is 0. The summed E-state index contributed by atoms with van der Waals surface area (Å²) in [5.41, 5.74) is -5.51. The van der Waals surface area contributed by atoms with Gasteiger partial charge >= 0.3 is 5.51 Å². The smallest absolute Gasteiger partial charge is 0.258 e. The third kappa shape index (κ3) is 3.34. The first-order chi connectivity index (χ1) is 7.20. The third-order valence-electron chi connectivity index (χ3n) is 1.40. The maximum Gasteiger partial charge on any atom is 0.446 e. The van der Waals surface area contributed by atoms with Gasteiger partial charge in [0.1, 0.15) is 5.82 Å². The van der Waals surface area contributed by atoms with Crippen LogP contribution in [-0.4, -0.2) is 10.4 Å². The monoisotopic (exact) mass is 319 g/mol. The van der Waals surface area contributed by atoms with Crippen LogP contribution in [0.15, 0.2) is 21.5 Å². The molecule has 88 valence electrons. The van der Waals surface area contributed by atoms with E-state index in [0.29, 0.717) is 6.07 Å². The molecule has 0 aromatic heterocycles. The van der Waals surface area contributed by atoms with E-state index < -0.39 is 38.6 Å². The fourth-order valence-corrected chi connectivity index (χ4v) is 2.33. The summed E-state index contributed by atoms with van der Waals surface area (Å²) in [4.78, 5) is 8.72. The lowest BCUT2D eigenvalue weighted by atomic mass is 10.3. The number of alkyl halides is 3. The summed E-state index contributed by atoms with van der Waals surface area (Å²) in [7, 11) is 0. The lowest BCUT2D eigenvalue weighted by molar-refractivity contribution is -0.388. The van der Waals surface area contributed by atoms with Crippen LogP contribution in [0.4, 0.5) is 23.2 Å². The molecule has 9 heteroatoms. The molecule has 0 atom stereocenters. The van der Waals surface area contributed by atoms with E-state index in [1.54, 1.807) is 0 Å². The second kappa shape index (κ2) is 4.58. The summed E-state index contributed by atoms with van der Waals surface area (Å²) in [5, 5.41) is 10.5. The second-order valence-electron chi connectivity index (χ2n) is 2.54. The highest BCUT2D eigenvalue weighted by Crippen LogP contribution is 2.44. The highest BCUT2D eigenvalue weighted by Gasteiger charge is 2.34. The molecule has 0 saturated heterocycles. The van der Waals surface area contributed by atoms with Gasteiger partial charge in [0, 0.05) is 0 Å². The van der Waals surface area contributed by atoms with Crippen molar-refractivity contribution in [3.8, 4) is 0 Å². The van der Waals surface area contributed by atoms with Gasteiger partial charge < -0.3 is 0 Å². The van der Waals surface area contributed by atoms with Crippen LogP contribution in [-0.2, 0) is 0 Å². The zero-order valence-corrected chi connectivity index (χ0v) is 9.62. The van der Waals surface area contributed by atoms with Crippen LogP contribution in [0.2, 0.25) is 0 Å². The summed E-state index contributed by atoms with van der Waals surface area (Å²) >= 11 is 1.92. The molecule has 0 spiro atoms. The molecule has 3 nitrogen and oxygen atoms in total. The lowest BCUT2D eigenvalue weighted by Gasteiger charge is -2.07. The fraction of sp³-hybridized carbons (Fsp3) is 0.143. The molecular formula is C7H2BrF4NO2S. The molecular weight excluding hydrogens is 318 g/mol. The predicted octanol–water partition coefficient (Wildman–Crippen LogP) is 4.11. The first-order valence-electron chi connectivity index (χ1n) is 3.60. The largest absolute Gasteiger partial charge is 0.446 e. The van der Waals surface area contributed by atoms with Crippen molar-refractivity contribution in [1.82, 2.24) is 0 Å². The van der Waals surface area contributed by atoms with Crippen LogP contribution in [0.5, 0.6) is 0 Å². The molecule has 0 aliphatic heterocycles. The van der Waals surface area contributed by atoms with E-state index in [2.05, 4.69) is 15.9 Å². The van der Waals surface area contributed by atoms with Crippen molar-refractivity contribution in [1.29, 1.82) is 0 Å². The minimum atomic E-state index is -4.71. The Hall–Kier alpha value is -0.830. The predicted molar refractivity (Wildman–Crippen MR) is 52.7 cm³/mol. The minimum Gasteiger partial charge on any atom is -0.258 e. The fourth-order valence-electron chi connectivity index (χ4n) is 0.922. The Balaban J connectivity index is 3.30. The SMILES string of the molecule is O=[N+]([O-])c1c(Br)cc(F)cc1SC(F)(F)F. The van der Waals surface area contributed by atoms with Crippen LogP contribution >= 0.6 is 27.7 Å². The van der Waals surface area contributed by atoms with Crippen molar-refractivity contribution in [2.75, 3.05) is 0 Å². The molecule has 1 aromatic rings. The quantitative estimate of drug-likeness (QED) is 0.356. The number of halogens is 5. The van der Waals surface area contributed by atoms with Gasteiger partial charge in [-0.05, 0) is 39.8 Å². The van der Waals surface area contributed by atoms with Gasteiger partial charge in [-0.15, -0.1) is 0 Å². The molecule has 16 heavy (non-hydrogen) atoms. The standard InChI is InChI=1S/C7H2BrF4NO2S/c8-4-1-3(9)2-5(6(4)13(14)15)16-7(10,11)12/h1-2H. The molecule has 0 aliphatic rings. The van der Waals surface area contributed by atoms with Gasteiger partial charge in [0.2, 0.25) is 0 Å². The van der Waals surface area contributed by atoms with Crippen LogP contribution in [0.3, 0.4) is 0 Å². The van der Waals surface area contributed by atoms with Crippen LogP contribution in [0.1, 0.15) is 0 Å². The van der Waals surface area contributed by atoms with E-state index in [4.69, 9.17) is 0 Å². The van der Waals surface area contributed by atoms with Crippen molar-refractivity contribution in [2.24, 2.45) is 0 Å². The van der Waals surface area contributed by atoms with Gasteiger partial charge in [0.25, 0.3) is 5.69 Å². The number of benzene rings is 1. The number of hydrogen-bond acceptors (Lipinski definition) is 3. The van der Waals surface area contributed by atoms with Crippen LogP contribution in [0, 0.1) is 15.9 Å². The normalized spacial score (nSPS) is 11.6. The summed E-state index contributed by atoms with van der Waals surface area (Å²) in [6, 6.07) is 1.21. The van der Waals surface area contributed by atoms with E-state index in [0.717, 1.165) is 6.07 Å². The van der Waals surface area contributed by atoms with Crippen LogP contribution < -0.4 is 0 Å². The molecule has 0 N–H and O–H groups in total. The first kappa shape index (κ1) is 13.2. The molecule has 0 unspecified atom stereocenters. The van der Waals surface area contributed by atoms with Gasteiger partial charge in [-0.25, -0.2) is 4.39 Å². The average molecular weight is 320 g/mol. The summed E-state index contributed by atoms with van der Waals surface area (Å²) in [5.74, 6) is -0.982. The van der Waals surface area contributed by atoms with Gasteiger partial charge in [-0.1, -0.05) is 0 Å². The highest BCUT2D eigenvalue weighted by molar-refractivity contribution is 9.10. The number of nitrogens with zero attached hydrogens (tertiary/aromatic N) is 1. The molecule has 0 heterocycles. The van der Waals surface area contributed by atoms with E-state index >= 15 is 0 Å². The van der Waals surface area contributed by atoms with E-state index in [9.17, 15) is 27.7 Å². The number of thioether (sulfide) groups is 1. The number of nitro benzene ring substituents is 1. The topological polar surface area (TPSA) is 43.1 Å². The number of rotatable bonds is 2. The zero-order valence-electron chi connectivity index (χ0n) is 7.22. The number of hydrogen-bond donors (Lipinski definition) is 0. The van der Waals surface area contributed by atoms with Gasteiger partial charge in [-0.2, -0.15) is 13.2 Å². The molecule has 0 radical (unpaired) electrons. The molecule has 0 fully saturated rings. The van der Waals surface area contributed by atoms with Gasteiger partial charge in [-0.3, -0.25) is 10.1 Å². The Bertz CT molecular complexity index is 437. The summed E-state index contributed by atoms with van der Waals surface area (Å²) in [6.45, 7) is 0. The first-order valence-corrected chi connectivity index (χ1v) is 5.21. The van der Waals surface area contributed by atoms with Crippen molar-refractivity contribution in [3.05, 3.63) is 32.5 Å². The third-order valence-corrected chi connectivity index (χ3v) is 2.77. The highest BCUT2D eigenvalue weighted by atomic mass is 79.9. The molecule has 1 aromatic carbocycles. The Labute approximate surface area is 99.1 Å². The Kier molecular flexibility index (Phi) is 3.79. The van der Waals surface area contributed by atoms with E-state index in [-0.39, 0.29) is 4.47 Å². The van der Waals surface area contributed by atoms with Crippen molar-refractivity contribution < 1.29 is 22.5 Å². The van der Waals surface area contributed by atoms with Gasteiger partial charge in [0.15, 0.2) is 0 Å². The van der Waals surface area contributed by atoms with E-state index in [1.807, 2.05) is 0 Å². The van der Waals surface area contributed by atoms with Crippen LogP contribution in [0.25, 0.3) is 0 Å². The lowest BCUT2D eigenvalue weighted by Crippen LogP contribution is -2.02. The van der Waals surface area contributed by atoms with Crippen molar-refractivity contribution in [2.45, 2.75) is 10.4 Å². The van der Waals surface area contributed by atoms with Crippen molar-refractivity contribution in [3.63, 3.8) is 0 Å². The zero-order chi connectivity index (χ0) is 12.5. The molecule has 0 saturated carbocycles. The number of nitro groups is 1.